The second-order valence-electron chi connectivity index (χ2n) is 5.31. The van der Waals surface area contributed by atoms with Crippen molar-refractivity contribution in [2.75, 3.05) is 31.4 Å². The SMILES string of the molecule is COc1ccc(C(=O)Nc2ccc(NC(=O)CN)cc2C)cc1OC. The molecule has 0 fully saturated rings. The number of nitrogens with one attached hydrogen (secondary N) is 2. The van der Waals surface area contributed by atoms with Gasteiger partial charge in [-0.05, 0) is 48.9 Å². The Balaban J connectivity index is 2.16. The predicted molar refractivity (Wildman–Crippen MR) is 96.4 cm³/mol. The van der Waals surface area contributed by atoms with Gasteiger partial charge in [0.05, 0.1) is 20.8 Å². The molecule has 132 valence electrons. The monoisotopic (exact) mass is 343 g/mol. The summed E-state index contributed by atoms with van der Waals surface area (Å²) in [5.41, 5.74) is 7.79. The van der Waals surface area contributed by atoms with Gasteiger partial charge in [0.15, 0.2) is 11.5 Å². The van der Waals surface area contributed by atoms with Gasteiger partial charge in [0.25, 0.3) is 5.91 Å². The number of rotatable bonds is 6. The Bertz CT molecular complexity index is 790. The number of methoxy groups -OCH3 is 2. The zero-order valence-electron chi connectivity index (χ0n) is 14.4. The van der Waals surface area contributed by atoms with Crippen LogP contribution in [0.5, 0.6) is 11.5 Å². The van der Waals surface area contributed by atoms with Crippen LogP contribution in [0.4, 0.5) is 11.4 Å². The van der Waals surface area contributed by atoms with E-state index in [0.29, 0.717) is 28.4 Å². The smallest absolute Gasteiger partial charge is 0.255 e. The van der Waals surface area contributed by atoms with E-state index < -0.39 is 0 Å². The van der Waals surface area contributed by atoms with E-state index in [2.05, 4.69) is 10.6 Å². The highest BCUT2D eigenvalue weighted by molar-refractivity contribution is 6.05. The summed E-state index contributed by atoms with van der Waals surface area (Å²) >= 11 is 0. The van der Waals surface area contributed by atoms with Crippen LogP contribution in [0.25, 0.3) is 0 Å². The van der Waals surface area contributed by atoms with E-state index >= 15 is 0 Å². The minimum absolute atomic E-state index is 0.0865. The molecule has 0 saturated carbocycles. The van der Waals surface area contributed by atoms with Crippen molar-refractivity contribution in [3.8, 4) is 11.5 Å². The maximum absolute atomic E-state index is 12.4. The largest absolute Gasteiger partial charge is 0.493 e. The maximum atomic E-state index is 12.4. The molecule has 2 aromatic carbocycles. The van der Waals surface area contributed by atoms with Crippen molar-refractivity contribution in [3.05, 3.63) is 47.5 Å². The molecular weight excluding hydrogens is 322 g/mol. The number of ether oxygens (including phenoxy) is 2. The summed E-state index contributed by atoms with van der Waals surface area (Å²) in [5, 5.41) is 5.50. The highest BCUT2D eigenvalue weighted by Gasteiger charge is 2.12. The molecule has 25 heavy (non-hydrogen) atoms. The van der Waals surface area contributed by atoms with Crippen molar-refractivity contribution in [2.24, 2.45) is 5.73 Å². The zero-order chi connectivity index (χ0) is 18.4. The van der Waals surface area contributed by atoms with E-state index in [9.17, 15) is 9.59 Å². The number of amides is 2. The van der Waals surface area contributed by atoms with Gasteiger partial charge in [-0.15, -0.1) is 0 Å². The van der Waals surface area contributed by atoms with Crippen LogP contribution in [0, 0.1) is 6.92 Å². The first-order chi connectivity index (χ1) is 12.0. The maximum Gasteiger partial charge on any atom is 0.255 e. The summed E-state index contributed by atoms with van der Waals surface area (Å²) in [7, 11) is 3.05. The van der Waals surface area contributed by atoms with Crippen LogP contribution in [0.3, 0.4) is 0 Å². The second kappa shape index (κ2) is 8.16. The molecule has 0 heterocycles. The van der Waals surface area contributed by atoms with E-state index in [-0.39, 0.29) is 18.4 Å². The zero-order valence-corrected chi connectivity index (χ0v) is 14.4. The number of hydrogen-bond acceptors (Lipinski definition) is 5. The van der Waals surface area contributed by atoms with Gasteiger partial charge >= 0.3 is 0 Å². The lowest BCUT2D eigenvalue weighted by atomic mass is 10.1. The number of anilines is 2. The van der Waals surface area contributed by atoms with Gasteiger partial charge in [-0.1, -0.05) is 0 Å². The number of aryl methyl sites for hydroxylation is 1. The summed E-state index contributed by atoms with van der Waals surface area (Å²) in [6, 6.07) is 10.1. The topological polar surface area (TPSA) is 103 Å². The second-order valence-corrected chi connectivity index (χ2v) is 5.31. The van der Waals surface area contributed by atoms with Crippen molar-refractivity contribution in [1.82, 2.24) is 0 Å². The molecule has 0 spiro atoms. The van der Waals surface area contributed by atoms with Crippen LogP contribution in [0.15, 0.2) is 36.4 Å². The third kappa shape index (κ3) is 4.48. The van der Waals surface area contributed by atoms with Crippen molar-refractivity contribution >= 4 is 23.2 Å². The molecule has 0 atom stereocenters. The van der Waals surface area contributed by atoms with E-state index in [4.69, 9.17) is 15.2 Å². The summed E-state index contributed by atoms with van der Waals surface area (Å²) in [6.45, 7) is 1.75. The summed E-state index contributed by atoms with van der Waals surface area (Å²) in [5.74, 6) is 0.478. The van der Waals surface area contributed by atoms with Crippen LogP contribution < -0.4 is 25.8 Å². The average Bonchev–Trinajstić information content (AvgIpc) is 2.63. The molecule has 0 aliphatic heterocycles. The third-order valence-corrected chi connectivity index (χ3v) is 3.59. The fourth-order valence-electron chi connectivity index (χ4n) is 2.27. The number of hydrogen-bond donors (Lipinski definition) is 3. The van der Waals surface area contributed by atoms with Crippen molar-refractivity contribution in [1.29, 1.82) is 0 Å². The Labute approximate surface area is 146 Å². The normalized spacial score (nSPS) is 10.1. The van der Waals surface area contributed by atoms with Gasteiger partial charge in [-0.3, -0.25) is 9.59 Å². The molecule has 4 N–H and O–H groups in total. The number of carbonyl (C=O) groups excluding carboxylic acids is 2. The molecule has 0 aliphatic carbocycles. The number of carbonyl (C=O) groups is 2. The first-order valence-electron chi connectivity index (χ1n) is 7.62. The van der Waals surface area contributed by atoms with Crippen LogP contribution in [0.1, 0.15) is 15.9 Å². The van der Waals surface area contributed by atoms with Crippen LogP contribution >= 0.6 is 0 Å². The molecule has 7 nitrogen and oxygen atoms in total. The Kier molecular flexibility index (Phi) is 5.97. The average molecular weight is 343 g/mol. The van der Waals surface area contributed by atoms with E-state index in [1.807, 2.05) is 6.92 Å². The van der Waals surface area contributed by atoms with Gasteiger partial charge in [0, 0.05) is 16.9 Å². The van der Waals surface area contributed by atoms with E-state index in [1.54, 1.807) is 36.4 Å². The lowest BCUT2D eigenvalue weighted by Crippen LogP contribution is -2.22. The van der Waals surface area contributed by atoms with Gasteiger partial charge in [-0.2, -0.15) is 0 Å². The molecule has 0 saturated heterocycles. The number of nitrogens with two attached hydrogens (primary N) is 1. The Hall–Kier alpha value is -3.06. The summed E-state index contributed by atoms with van der Waals surface area (Å²) < 4.78 is 10.4. The molecule has 2 aromatic rings. The predicted octanol–water partition coefficient (Wildman–Crippen LogP) is 2.16. The quantitative estimate of drug-likeness (QED) is 0.746. The van der Waals surface area contributed by atoms with Crippen molar-refractivity contribution < 1.29 is 19.1 Å². The molecule has 7 heteroatoms. The first kappa shape index (κ1) is 18.3. The van der Waals surface area contributed by atoms with Crippen LogP contribution in [-0.4, -0.2) is 32.6 Å². The minimum atomic E-state index is -0.276. The Morgan fingerprint density at radius 3 is 2.32 bits per heavy atom. The molecule has 0 aromatic heterocycles. The summed E-state index contributed by atoms with van der Waals surface area (Å²) in [6.07, 6.45) is 0. The molecule has 2 amide bonds. The highest BCUT2D eigenvalue weighted by atomic mass is 16.5. The first-order valence-corrected chi connectivity index (χ1v) is 7.62. The lowest BCUT2D eigenvalue weighted by molar-refractivity contribution is -0.114. The Morgan fingerprint density at radius 1 is 1.00 bits per heavy atom. The Morgan fingerprint density at radius 2 is 1.72 bits per heavy atom. The van der Waals surface area contributed by atoms with Gasteiger partial charge in [0.2, 0.25) is 5.91 Å². The molecule has 2 rings (SSSR count). The number of benzene rings is 2. The van der Waals surface area contributed by atoms with Gasteiger partial charge in [-0.25, -0.2) is 0 Å². The highest BCUT2D eigenvalue weighted by Crippen LogP contribution is 2.28. The minimum Gasteiger partial charge on any atom is -0.493 e. The molecule has 0 radical (unpaired) electrons. The molecule has 0 bridgehead atoms. The molecule has 0 aliphatic rings. The van der Waals surface area contributed by atoms with E-state index in [1.165, 1.54) is 14.2 Å². The fraction of sp³-hybridized carbons (Fsp3) is 0.222. The van der Waals surface area contributed by atoms with Crippen molar-refractivity contribution in [2.45, 2.75) is 6.92 Å². The van der Waals surface area contributed by atoms with Crippen LogP contribution in [0.2, 0.25) is 0 Å². The molecule has 0 unspecified atom stereocenters. The van der Waals surface area contributed by atoms with E-state index in [0.717, 1.165) is 5.56 Å². The third-order valence-electron chi connectivity index (χ3n) is 3.59. The fourth-order valence-corrected chi connectivity index (χ4v) is 2.27. The molecular formula is C18H21N3O4. The van der Waals surface area contributed by atoms with Crippen LogP contribution in [-0.2, 0) is 4.79 Å². The summed E-state index contributed by atoms with van der Waals surface area (Å²) in [4.78, 5) is 23.8. The van der Waals surface area contributed by atoms with Gasteiger partial charge in [0.1, 0.15) is 0 Å². The standard InChI is InChI=1S/C18H21N3O4/c1-11-8-13(20-17(22)10-19)5-6-14(11)21-18(23)12-4-7-15(24-2)16(9-12)25-3/h4-9H,10,19H2,1-3H3,(H,20,22)(H,21,23). The van der Waals surface area contributed by atoms with Gasteiger partial charge < -0.3 is 25.8 Å². The van der Waals surface area contributed by atoms with Crippen molar-refractivity contribution in [3.63, 3.8) is 0 Å². The lowest BCUT2D eigenvalue weighted by Gasteiger charge is -2.12.